The third kappa shape index (κ3) is 12.2. The summed E-state index contributed by atoms with van der Waals surface area (Å²) < 4.78 is 0. The molecule has 4 unspecified atom stereocenters. The molecule has 0 spiro atoms. The Hall–Kier alpha value is -3.07. The summed E-state index contributed by atoms with van der Waals surface area (Å²) in [6, 6.07) is -4.67. The van der Waals surface area contributed by atoms with E-state index in [9.17, 15) is 29.1 Å². The Morgan fingerprint density at radius 2 is 1.41 bits per heavy atom. The summed E-state index contributed by atoms with van der Waals surface area (Å²) in [4.78, 5) is 63.6. The average molecular weight is 506 g/mol. The van der Waals surface area contributed by atoms with Crippen molar-refractivity contribution < 1.29 is 34.2 Å². The van der Waals surface area contributed by atoms with Crippen LogP contribution in [-0.2, 0) is 24.0 Å². The first kappa shape index (κ1) is 30.9. The molecule has 0 fully saturated rings. The maximum Gasteiger partial charge on any atom is 0.326 e. The van der Waals surface area contributed by atoms with Crippen molar-refractivity contribution in [1.82, 2.24) is 16.0 Å². The van der Waals surface area contributed by atoms with E-state index < -0.39 is 60.2 Å². The second-order valence-electron chi connectivity index (χ2n) is 7.86. The van der Waals surface area contributed by atoms with E-state index in [1.165, 1.54) is 0 Å². The molecule has 0 aromatic rings. The molecule has 15 heteroatoms. The maximum atomic E-state index is 12.8. The van der Waals surface area contributed by atoms with Crippen molar-refractivity contribution in [3.8, 4) is 0 Å². The summed E-state index contributed by atoms with van der Waals surface area (Å²) in [5.74, 6) is -5.32. The number of amides is 3. The highest BCUT2D eigenvalue weighted by Gasteiger charge is 2.30. The van der Waals surface area contributed by atoms with Gasteiger partial charge in [-0.1, -0.05) is 13.8 Å². The minimum absolute atomic E-state index is 0.121. The van der Waals surface area contributed by atoms with Crippen LogP contribution in [0, 0.1) is 5.92 Å². The highest BCUT2D eigenvalue weighted by Crippen LogP contribution is 2.05. The molecular weight excluding hydrogens is 470 g/mol. The van der Waals surface area contributed by atoms with Gasteiger partial charge in [0.1, 0.15) is 18.1 Å². The van der Waals surface area contributed by atoms with Gasteiger partial charge in [0, 0.05) is 18.7 Å². The molecule has 0 aliphatic rings. The van der Waals surface area contributed by atoms with Gasteiger partial charge in [-0.05, 0) is 25.2 Å². The first-order valence-corrected chi connectivity index (χ1v) is 11.2. The van der Waals surface area contributed by atoms with Gasteiger partial charge >= 0.3 is 11.9 Å². The number of nitrogens with zero attached hydrogens (tertiary/aromatic N) is 1. The van der Waals surface area contributed by atoms with Crippen LogP contribution >= 0.6 is 12.6 Å². The van der Waals surface area contributed by atoms with Gasteiger partial charge in [0.2, 0.25) is 17.7 Å². The number of rotatable bonds is 16. The lowest BCUT2D eigenvalue weighted by molar-refractivity contribution is -0.143. The predicted octanol–water partition coefficient (Wildman–Crippen LogP) is -2.64. The van der Waals surface area contributed by atoms with E-state index in [0.717, 1.165) is 0 Å². The highest BCUT2D eigenvalue weighted by molar-refractivity contribution is 7.80. The van der Waals surface area contributed by atoms with Crippen molar-refractivity contribution in [2.75, 3.05) is 12.3 Å². The molecule has 34 heavy (non-hydrogen) atoms. The number of nitrogens with two attached hydrogens (primary N) is 3. The standard InChI is InChI=1S/C19H35N7O7S/c1-9(2)14(20)17(31)24-10(4-3-7-23-19(21)22)15(29)26-12(8-34)16(30)25-11(18(32)33)5-6-13(27)28/h9-12,14,34H,3-8,20H2,1-2H3,(H,24,31)(H,25,30)(H,26,29)(H,27,28)(H,32,33)(H4,21,22,23). The summed E-state index contributed by atoms with van der Waals surface area (Å²) in [5, 5.41) is 25.1. The molecule has 0 radical (unpaired) electrons. The molecule has 0 aromatic carbocycles. The predicted molar refractivity (Wildman–Crippen MR) is 127 cm³/mol. The van der Waals surface area contributed by atoms with Crippen LogP contribution in [0.3, 0.4) is 0 Å². The number of hydrogen-bond acceptors (Lipinski definition) is 8. The summed E-state index contributed by atoms with van der Waals surface area (Å²) in [6.45, 7) is 3.67. The Morgan fingerprint density at radius 3 is 1.88 bits per heavy atom. The van der Waals surface area contributed by atoms with E-state index in [1.807, 2.05) is 0 Å². The molecule has 194 valence electrons. The molecule has 0 bridgehead atoms. The zero-order chi connectivity index (χ0) is 26.4. The Bertz CT molecular complexity index is 759. The van der Waals surface area contributed by atoms with E-state index in [-0.39, 0.29) is 37.0 Å². The van der Waals surface area contributed by atoms with Crippen LogP contribution < -0.4 is 33.2 Å². The Morgan fingerprint density at radius 1 is 0.882 bits per heavy atom. The number of aliphatic imine (C=N–C) groups is 1. The molecule has 0 aliphatic heterocycles. The van der Waals surface area contributed by atoms with Crippen molar-refractivity contribution in [3.63, 3.8) is 0 Å². The number of carbonyl (C=O) groups excluding carboxylic acids is 3. The monoisotopic (exact) mass is 505 g/mol. The van der Waals surface area contributed by atoms with Crippen LogP contribution in [0.4, 0.5) is 0 Å². The molecule has 0 saturated heterocycles. The second-order valence-corrected chi connectivity index (χ2v) is 8.22. The molecule has 11 N–H and O–H groups in total. The number of carboxylic acid groups (broad SMARTS) is 2. The van der Waals surface area contributed by atoms with Gasteiger partial charge < -0.3 is 43.4 Å². The van der Waals surface area contributed by atoms with Crippen molar-refractivity contribution >= 4 is 48.2 Å². The number of guanidine groups is 1. The second kappa shape index (κ2) is 15.7. The fourth-order valence-corrected chi connectivity index (χ4v) is 2.86. The van der Waals surface area contributed by atoms with Crippen LogP contribution in [0.5, 0.6) is 0 Å². The normalized spacial score (nSPS) is 14.3. The van der Waals surface area contributed by atoms with Gasteiger partial charge in [0.25, 0.3) is 0 Å². The van der Waals surface area contributed by atoms with Gasteiger partial charge in [-0.3, -0.25) is 24.2 Å². The number of carboxylic acids is 2. The van der Waals surface area contributed by atoms with Crippen LogP contribution in [0.2, 0.25) is 0 Å². The van der Waals surface area contributed by atoms with Gasteiger partial charge in [-0.15, -0.1) is 0 Å². The molecule has 0 aromatic heterocycles. The third-order valence-electron chi connectivity index (χ3n) is 4.68. The molecule has 4 atom stereocenters. The summed E-state index contributed by atoms with van der Waals surface area (Å²) in [7, 11) is 0. The molecular formula is C19H35N7O7S. The van der Waals surface area contributed by atoms with Crippen LogP contribution in [0.15, 0.2) is 4.99 Å². The Balaban J connectivity index is 5.35. The molecule has 0 saturated carbocycles. The van der Waals surface area contributed by atoms with Crippen LogP contribution in [-0.4, -0.2) is 82.3 Å². The quantitative estimate of drug-likeness (QED) is 0.0456. The molecule has 0 rings (SSSR count). The zero-order valence-electron chi connectivity index (χ0n) is 19.2. The van der Waals surface area contributed by atoms with E-state index in [1.54, 1.807) is 13.8 Å². The van der Waals surface area contributed by atoms with E-state index in [0.29, 0.717) is 6.42 Å². The van der Waals surface area contributed by atoms with Gasteiger partial charge in [-0.25, -0.2) is 4.79 Å². The molecule has 0 aliphatic carbocycles. The first-order chi connectivity index (χ1) is 15.8. The Labute approximate surface area is 202 Å². The first-order valence-electron chi connectivity index (χ1n) is 10.6. The van der Waals surface area contributed by atoms with Crippen molar-refractivity contribution in [3.05, 3.63) is 0 Å². The van der Waals surface area contributed by atoms with E-state index in [2.05, 4.69) is 33.6 Å². The largest absolute Gasteiger partial charge is 0.481 e. The number of thiol groups is 1. The fraction of sp³-hybridized carbons (Fsp3) is 0.684. The fourth-order valence-electron chi connectivity index (χ4n) is 2.61. The lowest BCUT2D eigenvalue weighted by Crippen LogP contribution is -2.58. The lowest BCUT2D eigenvalue weighted by atomic mass is 10.0. The van der Waals surface area contributed by atoms with Crippen LogP contribution in [0.1, 0.15) is 39.5 Å². The maximum absolute atomic E-state index is 12.8. The summed E-state index contributed by atoms with van der Waals surface area (Å²) in [6.07, 6.45) is -0.382. The molecule has 14 nitrogen and oxygen atoms in total. The Kier molecular flexibility index (Phi) is 14.3. The highest BCUT2D eigenvalue weighted by atomic mass is 32.1. The zero-order valence-corrected chi connectivity index (χ0v) is 20.1. The van der Waals surface area contributed by atoms with Crippen LogP contribution in [0.25, 0.3) is 0 Å². The summed E-state index contributed by atoms with van der Waals surface area (Å²) in [5.41, 5.74) is 16.4. The summed E-state index contributed by atoms with van der Waals surface area (Å²) >= 11 is 4.02. The average Bonchev–Trinajstić information content (AvgIpc) is 2.75. The number of nitrogens with one attached hydrogen (secondary N) is 3. The van der Waals surface area contributed by atoms with E-state index >= 15 is 0 Å². The third-order valence-corrected chi connectivity index (χ3v) is 5.04. The van der Waals surface area contributed by atoms with Crippen molar-refractivity contribution in [2.24, 2.45) is 28.1 Å². The topological polar surface area (TPSA) is 252 Å². The minimum Gasteiger partial charge on any atom is -0.481 e. The molecule has 3 amide bonds. The lowest BCUT2D eigenvalue weighted by Gasteiger charge is -2.25. The number of aliphatic carboxylic acids is 2. The van der Waals surface area contributed by atoms with Crippen molar-refractivity contribution in [1.29, 1.82) is 0 Å². The minimum atomic E-state index is -1.47. The smallest absolute Gasteiger partial charge is 0.326 e. The van der Waals surface area contributed by atoms with Gasteiger partial charge in [0.15, 0.2) is 5.96 Å². The van der Waals surface area contributed by atoms with Gasteiger partial charge in [0.05, 0.1) is 6.04 Å². The van der Waals surface area contributed by atoms with E-state index in [4.69, 9.17) is 22.3 Å². The van der Waals surface area contributed by atoms with Crippen molar-refractivity contribution in [2.45, 2.75) is 63.7 Å². The molecule has 0 heterocycles. The SMILES string of the molecule is CC(C)C(N)C(=O)NC(CCCN=C(N)N)C(=O)NC(CS)C(=O)NC(CCC(=O)O)C(=O)O. The number of carbonyl (C=O) groups is 5. The van der Waals surface area contributed by atoms with Gasteiger partial charge in [-0.2, -0.15) is 12.6 Å². The number of hydrogen-bond donors (Lipinski definition) is 9.